The van der Waals surface area contributed by atoms with Gasteiger partial charge in [0.1, 0.15) is 17.8 Å². The van der Waals surface area contributed by atoms with E-state index in [2.05, 4.69) is 20.6 Å². The first kappa shape index (κ1) is 19.6. The van der Waals surface area contributed by atoms with Crippen LogP contribution in [-0.2, 0) is 11.3 Å². The fraction of sp³-hybridized carbons (Fsp3) is 0.200. The second-order valence-electron chi connectivity index (χ2n) is 6.49. The Bertz CT molecular complexity index is 982. The van der Waals surface area contributed by atoms with E-state index in [4.69, 9.17) is 11.6 Å². The van der Waals surface area contributed by atoms with Gasteiger partial charge in [-0.25, -0.2) is 9.97 Å². The number of nitrogens with zero attached hydrogens (tertiary/aromatic N) is 3. The first-order chi connectivity index (χ1) is 13.4. The van der Waals surface area contributed by atoms with E-state index in [0.29, 0.717) is 23.1 Å². The molecule has 144 valence electrons. The molecule has 2 amide bonds. The normalized spacial score (nSPS) is 10.7. The SMILES string of the molecule is CC(C)C(=O)Nc1ccc(-n2cnc(C(=O)NCc3ccccc3Cl)c2)nc1. The van der Waals surface area contributed by atoms with E-state index in [-0.39, 0.29) is 23.4 Å². The third kappa shape index (κ3) is 4.75. The Labute approximate surface area is 167 Å². The number of carbonyl (C=O) groups is 2. The number of imidazole rings is 1. The molecule has 0 spiro atoms. The van der Waals surface area contributed by atoms with Crippen molar-refractivity contribution < 1.29 is 9.59 Å². The number of aromatic nitrogens is 3. The summed E-state index contributed by atoms with van der Waals surface area (Å²) in [5, 5.41) is 6.17. The van der Waals surface area contributed by atoms with Gasteiger partial charge in [-0.2, -0.15) is 0 Å². The topological polar surface area (TPSA) is 88.9 Å². The maximum absolute atomic E-state index is 12.3. The Morgan fingerprint density at radius 3 is 2.61 bits per heavy atom. The molecule has 0 saturated carbocycles. The largest absolute Gasteiger partial charge is 0.347 e. The highest BCUT2D eigenvalue weighted by atomic mass is 35.5. The minimum Gasteiger partial charge on any atom is -0.347 e. The minimum absolute atomic E-state index is 0.0744. The predicted octanol–water partition coefficient (Wildman–Crippen LogP) is 3.45. The standard InChI is InChI=1S/C20H20ClN5O2/c1-13(2)19(27)25-15-7-8-18(22-10-15)26-11-17(24-12-26)20(28)23-9-14-5-3-4-6-16(14)21/h3-8,10-13H,9H2,1-2H3,(H,23,28)(H,25,27). The van der Waals surface area contributed by atoms with Gasteiger partial charge in [0.2, 0.25) is 5.91 Å². The van der Waals surface area contributed by atoms with Gasteiger partial charge in [-0.3, -0.25) is 14.2 Å². The number of anilines is 1. The van der Waals surface area contributed by atoms with Crippen molar-refractivity contribution in [2.45, 2.75) is 20.4 Å². The third-order valence-corrected chi connectivity index (χ3v) is 4.39. The molecule has 0 bridgehead atoms. The average Bonchev–Trinajstić information content (AvgIpc) is 3.18. The molecule has 1 aromatic carbocycles. The molecule has 28 heavy (non-hydrogen) atoms. The minimum atomic E-state index is -0.306. The molecule has 0 atom stereocenters. The number of halogens is 1. The summed E-state index contributed by atoms with van der Waals surface area (Å²) in [5.74, 6) is 0.0921. The van der Waals surface area contributed by atoms with Crippen molar-refractivity contribution in [3.63, 3.8) is 0 Å². The van der Waals surface area contributed by atoms with Gasteiger partial charge in [-0.1, -0.05) is 43.6 Å². The lowest BCUT2D eigenvalue weighted by molar-refractivity contribution is -0.118. The summed E-state index contributed by atoms with van der Waals surface area (Å²) in [4.78, 5) is 32.5. The van der Waals surface area contributed by atoms with Gasteiger partial charge < -0.3 is 10.6 Å². The second kappa shape index (κ2) is 8.67. The zero-order valence-corrected chi connectivity index (χ0v) is 16.3. The van der Waals surface area contributed by atoms with E-state index in [1.54, 1.807) is 35.2 Å². The van der Waals surface area contributed by atoms with E-state index in [1.165, 1.54) is 6.33 Å². The van der Waals surface area contributed by atoms with E-state index >= 15 is 0 Å². The molecule has 8 heteroatoms. The fourth-order valence-electron chi connectivity index (χ4n) is 2.37. The van der Waals surface area contributed by atoms with Crippen molar-refractivity contribution in [3.05, 3.63) is 71.4 Å². The maximum Gasteiger partial charge on any atom is 0.271 e. The van der Waals surface area contributed by atoms with Gasteiger partial charge in [0.25, 0.3) is 5.91 Å². The Kier molecular flexibility index (Phi) is 6.06. The second-order valence-corrected chi connectivity index (χ2v) is 6.90. The molecule has 0 aliphatic rings. The first-order valence-corrected chi connectivity index (χ1v) is 9.14. The summed E-state index contributed by atoms with van der Waals surface area (Å²) in [6.45, 7) is 3.95. The van der Waals surface area contributed by atoms with Crippen LogP contribution in [0.2, 0.25) is 5.02 Å². The molecule has 0 radical (unpaired) electrons. The van der Waals surface area contributed by atoms with Crippen LogP contribution in [0.4, 0.5) is 5.69 Å². The Hall–Kier alpha value is -3.19. The van der Waals surface area contributed by atoms with Crippen molar-refractivity contribution in [2.75, 3.05) is 5.32 Å². The molecule has 3 aromatic rings. The Balaban J connectivity index is 1.64. The van der Waals surface area contributed by atoms with Gasteiger partial charge in [-0.15, -0.1) is 0 Å². The zero-order valence-electron chi connectivity index (χ0n) is 15.5. The number of rotatable bonds is 6. The Morgan fingerprint density at radius 2 is 1.93 bits per heavy atom. The van der Waals surface area contributed by atoms with Crippen LogP contribution < -0.4 is 10.6 Å². The van der Waals surface area contributed by atoms with E-state index in [0.717, 1.165) is 5.56 Å². The van der Waals surface area contributed by atoms with E-state index < -0.39 is 0 Å². The molecular formula is C20H20ClN5O2. The number of hydrogen-bond donors (Lipinski definition) is 2. The van der Waals surface area contributed by atoms with Crippen LogP contribution in [-0.4, -0.2) is 26.3 Å². The van der Waals surface area contributed by atoms with Crippen molar-refractivity contribution in [1.82, 2.24) is 19.9 Å². The third-order valence-electron chi connectivity index (χ3n) is 4.02. The quantitative estimate of drug-likeness (QED) is 0.666. The van der Waals surface area contributed by atoms with Gasteiger partial charge in [-0.05, 0) is 23.8 Å². The summed E-state index contributed by atoms with van der Waals surface area (Å²) in [6.07, 6.45) is 4.67. The van der Waals surface area contributed by atoms with Gasteiger partial charge >= 0.3 is 0 Å². The lowest BCUT2D eigenvalue weighted by atomic mass is 10.2. The molecular weight excluding hydrogens is 378 g/mol. The average molecular weight is 398 g/mol. The highest BCUT2D eigenvalue weighted by molar-refractivity contribution is 6.31. The molecule has 0 unspecified atom stereocenters. The van der Waals surface area contributed by atoms with Crippen LogP contribution in [0, 0.1) is 5.92 Å². The van der Waals surface area contributed by atoms with Crippen molar-refractivity contribution in [3.8, 4) is 5.82 Å². The molecule has 2 heterocycles. The van der Waals surface area contributed by atoms with Crippen molar-refractivity contribution in [2.24, 2.45) is 5.92 Å². The maximum atomic E-state index is 12.3. The molecule has 0 fully saturated rings. The monoisotopic (exact) mass is 397 g/mol. The number of benzene rings is 1. The molecule has 2 aromatic heterocycles. The number of pyridine rings is 1. The lowest BCUT2D eigenvalue weighted by Crippen LogP contribution is -2.23. The van der Waals surface area contributed by atoms with Crippen LogP contribution >= 0.6 is 11.6 Å². The summed E-state index contributed by atoms with van der Waals surface area (Å²) in [6, 6.07) is 10.8. The first-order valence-electron chi connectivity index (χ1n) is 8.77. The highest BCUT2D eigenvalue weighted by Crippen LogP contribution is 2.15. The number of hydrogen-bond acceptors (Lipinski definition) is 4. The van der Waals surface area contributed by atoms with Crippen molar-refractivity contribution >= 4 is 29.1 Å². The van der Waals surface area contributed by atoms with Crippen molar-refractivity contribution in [1.29, 1.82) is 0 Å². The van der Waals surface area contributed by atoms with Gasteiger partial charge in [0.15, 0.2) is 0 Å². The highest BCUT2D eigenvalue weighted by Gasteiger charge is 2.12. The van der Waals surface area contributed by atoms with E-state index in [9.17, 15) is 9.59 Å². The number of nitrogens with one attached hydrogen (secondary N) is 2. The molecule has 0 aliphatic heterocycles. The van der Waals surface area contributed by atoms with Crippen LogP contribution in [0.5, 0.6) is 0 Å². The Morgan fingerprint density at radius 1 is 1.14 bits per heavy atom. The number of amides is 2. The fourth-order valence-corrected chi connectivity index (χ4v) is 2.58. The summed E-state index contributed by atoms with van der Waals surface area (Å²) in [5.41, 5.74) is 1.71. The molecule has 0 aliphatic carbocycles. The van der Waals surface area contributed by atoms with Gasteiger partial charge in [0, 0.05) is 23.7 Å². The molecule has 3 rings (SSSR count). The zero-order chi connectivity index (χ0) is 20.1. The van der Waals surface area contributed by atoms with Crippen LogP contribution in [0.1, 0.15) is 29.9 Å². The molecule has 0 saturated heterocycles. The van der Waals surface area contributed by atoms with Crippen LogP contribution in [0.25, 0.3) is 5.82 Å². The summed E-state index contributed by atoms with van der Waals surface area (Å²) < 4.78 is 1.64. The summed E-state index contributed by atoms with van der Waals surface area (Å²) in [7, 11) is 0. The predicted molar refractivity (Wildman–Crippen MR) is 107 cm³/mol. The summed E-state index contributed by atoms with van der Waals surface area (Å²) >= 11 is 6.09. The van der Waals surface area contributed by atoms with Crippen LogP contribution in [0.3, 0.4) is 0 Å². The smallest absolute Gasteiger partial charge is 0.271 e. The molecule has 2 N–H and O–H groups in total. The van der Waals surface area contributed by atoms with Gasteiger partial charge in [0.05, 0.1) is 11.9 Å². The van der Waals surface area contributed by atoms with Crippen LogP contribution in [0.15, 0.2) is 55.1 Å². The molecule has 7 nitrogen and oxygen atoms in total. The van der Waals surface area contributed by atoms with E-state index in [1.807, 2.05) is 32.0 Å². The number of carbonyl (C=O) groups excluding carboxylic acids is 2. The lowest BCUT2D eigenvalue weighted by Gasteiger charge is -2.08.